The lowest BCUT2D eigenvalue weighted by Gasteiger charge is -2.08. The monoisotopic (exact) mass is 318 g/mol. The Hall–Kier alpha value is -2.31. The van der Waals surface area contributed by atoms with E-state index in [1.165, 1.54) is 0 Å². The van der Waals surface area contributed by atoms with Gasteiger partial charge in [-0.1, -0.05) is 13.8 Å². The first kappa shape index (κ1) is 17.1. The number of amides is 2. The normalized spacial score (nSPS) is 11.0. The van der Waals surface area contributed by atoms with E-state index < -0.39 is 0 Å². The van der Waals surface area contributed by atoms with Crippen LogP contribution in [-0.4, -0.2) is 25.6 Å². The lowest BCUT2D eigenvalue weighted by Crippen LogP contribution is -2.28. The van der Waals surface area contributed by atoms with Gasteiger partial charge in [0.1, 0.15) is 0 Å². The zero-order chi connectivity index (χ0) is 17.0. The van der Waals surface area contributed by atoms with E-state index in [1.54, 1.807) is 10.9 Å². The van der Waals surface area contributed by atoms with Crippen molar-refractivity contribution in [2.45, 2.75) is 53.1 Å². The summed E-state index contributed by atoms with van der Waals surface area (Å²) in [6, 6.07) is 0.0319. The molecule has 2 N–H and O–H groups in total. The topological polar surface area (TPSA) is 76.8 Å². The molecule has 0 radical (unpaired) electrons. The highest BCUT2D eigenvalue weighted by Crippen LogP contribution is 2.15. The van der Waals surface area contributed by atoms with Crippen molar-refractivity contribution in [1.82, 2.24) is 24.9 Å². The van der Waals surface area contributed by atoms with Gasteiger partial charge in [0.15, 0.2) is 0 Å². The van der Waals surface area contributed by atoms with E-state index in [0.717, 1.165) is 29.8 Å². The maximum Gasteiger partial charge on any atom is 0.319 e. The molecule has 0 aliphatic heterocycles. The van der Waals surface area contributed by atoms with Gasteiger partial charge in [-0.2, -0.15) is 10.2 Å². The number of rotatable bonds is 6. The summed E-state index contributed by atoms with van der Waals surface area (Å²) in [6.45, 7) is 8.73. The zero-order valence-corrected chi connectivity index (χ0v) is 14.6. The van der Waals surface area contributed by atoms with Crippen LogP contribution in [0.2, 0.25) is 0 Å². The summed E-state index contributed by atoms with van der Waals surface area (Å²) in [4.78, 5) is 12.1. The van der Waals surface area contributed by atoms with Gasteiger partial charge in [-0.15, -0.1) is 0 Å². The fourth-order valence-electron chi connectivity index (χ4n) is 2.62. The Morgan fingerprint density at radius 1 is 1.30 bits per heavy atom. The van der Waals surface area contributed by atoms with E-state index in [4.69, 9.17) is 0 Å². The van der Waals surface area contributed by atoms with Crippen molar-refractivity contribution in [2.75, 3.05) is 5.32 Å². The second-order valence-electron chi connectivity index (χ2n) is 5.81. The Morgan fingerprint density at radius 3 is 2.61 bits per heavy atom. The van der Waals surface area contributed by atoms with Gasteiger partial charge >= 0.3 is 6.03 Å². The van der Waals surface area contributed by atoms with Gasteiger partial charge in [0.05, 0.1) is 17.6 Å². The predicted octanol–water partition coefficient (Wildman–Crippen LogP) is 2.64. The predicted molar refractivity (Wildman–Crippen MR) is 90.4 cm³/mol. The molecule has 0 spiro atoms. The van der Waals surface area contributed by atoms with Crippen molar-refractivity contribution in [3.8, 4) is 0 Å². The maximum absolute atomic E-state index is 12.1. The van der Waals surface area contributed by atoms with Crippen molar-refractivity contribution in [1.29, 1.82) is 0 Å². The van der Waals surface area contributed by atoms with Gasteiger partial charge in [0.25, 0.3) is 0 Å². The van der Waals surface area contributed by atoms with Crippen LogP contribution in [0.5, 0.6) is 0 Å². The number of urea groups is 1. The molecule has 0 unspecified atom stereocenters. The van der Waals surface area contributed by atoms with Crippen molar-refractivity contribution in [3.05, 3.63) is 29.3 Å². The molecule has 126 valence electrons. The second kappa shape index (κ2) is 7.30. The third kappa shape index (κ3) is 3.91. The molecule has 2 aromatic rings. The summed E-state index contributed by atoms with van der Waals surface area (Å²) in [5, 5.41) is 14.4. The van der Waals surface area contributed by atoms with Crippen molar-refractivity contribution in [2.24, 2.45) is 7.05 Å². The molecule has 0 aromatic carbocycles. The Balaban J connectivity index is 1.99. The van der Waals surface area contributed by atoms with Crippen LogP contribution >= 0.6 is 0 Å². The minimum absolute atomic E-state index is 0.235. The number of hydrogen-bond acceptors (Lipinski definition) is 3. The van der Waals surface area contributed by atoms with E-state index in [9.17, 15) is 4.79 Å². The molecule has 0 atom stereocenters. The van der Waals surface area contributed by atoms with E-state index >= 15 is 0 Å². The summed E-state index contributed by atoms with van der Waals surface area (Å²) < 4.78 is 3.71. The Labute approximate surface area is 137 Å². The van der Waals surface area contributed by atoms with E-state index in [-0.39, 0.29) is 12.1 Å². The molecule has 0 aliphatic carbocycles. The highest BCUT2D eigenvalue weighted by atomic mass is 16.2. The average molecular weight is 318 g/mol. The molecular weight excluding hydrogens is 292 g/mol. The number of hydrogen-bond donors (Lipinski definition) is 2. The first-order valence-electron chi connectivity index (χ1n) is 8.08. The van der Waals surface area contributed by atoms with Crippen molar-refractivity contribution < 1.29 is 4.79 Å². The van der Waals surface area contributed by atoms with Gasteiger partial charge in [-0.05, 0) is 26.7 Å². The van der Waals surface area contributed by atoms with Gasteiger partial charge in [-0.3, -0.25) is 9.36 Å². The zero-order valence-electron chi connectivity index (χ0n) is 14.6. The number of aromatic nitrogens is 4. The number of nitrogens with zero attached hydrogens (tertiary/aromatic N) is 4. The van der Waals surface area contributed by atoms with Gasteiger partial charge < -0.3 is 10.6 Å². The van der Waals surface area contributed by atoms with Gasteiger partial charge in [0.2, 0.25) is 0 Å². The molecule has 2 aromatic heterocycles. The standard InChI is InChI=1S/C16H26N6O/c1-6-14-13(15(7-2)21(5)20-14)9-17-16(23)19-12-8-18-22(10-12)11(3)4/h8,10-11H,6-7,9H2,1-5H3,(H2,17,19,23). The number of anilines is 1. The summed E-state index contributed by atoms with van der Waals surface area (Å²) in [5.74, 6) is 0. The largest absolute Gasteiger partial charge is 0.334 e. The SMILES string of the molecule is CCc1nn(C)c(CC)c1CNC(=O)Nc1cnn(C(C)C)c1. The molecule has 7 heteroatoms. The highest BCUT2D eigenvalue weighted by molar-refractivity contribution is 5.88. The fraction of sp³-hybridized carbons (Fsp3) is 0.562. The minimum Gasteiger partial charge on any atom is -0.334 e. The number of carbonyl (C=O) groups excluding carboxylic acids is 1. The second-order valence-corrected chi connectivity index (χ2v) is 5.81. The van der Waals surface area contributed by atoms with E-state index in [0.29, 0.717) is 12.2 Å². The van der Waals surface area contributed by atoms with Crippen LogP contribution in [0.4, 0.5) is 10.5 Å². The van der Waals surface area contributed by atoms with Crippen LogP contribution in [0.1, 0.15) is 50.7 Å². The molecule has 2 amide bonds. The first-order chi connectivity index (χ1) is 11.0. The lowest BCUT2D eigenvalue weighted by atomic mass is 10.1. The van der Waals surface area contributed by atoms with E-state index in [2.05, 4.69) is 34.7 Å². The van der Waals surface area contributed by atoms with E-state index in [1.807, 2.05) is 31.8 Å². The molecule has 2 rings (SSSR count). The van der Waals surface area contributed by atoms with Gasteiger partial charge in [0, 0.05) is 37.1 Å². The molecule has 0 bridgehead atoms. The van der Waals surface area contributed by atoms with Crippen molar-refractivity contribution in [3.63, 3.8) is 0 Å². The summed E-state index contributed by atoms with van der Waals surface area (Å²) in [7, 11) is 1.95. The summed E-state index contributed by atoms with van der Waals surface area (Å²) >= 11 is 0. The molecule has 0 fully saturated rings. The van der Waals surface area contributed by atoms with Crippen LogP contribution < -0.4 is 10.6 Å². The quantitative estimate of drug-likeness (QED) is 0.859. The van der Waals surface area contributed by atoms with Crippen LogP contribution in [-0.2, 0) is 26.4 Å². The number of aryl methyl sites for hydroxylation is 2. The van der Waals surface area contributed by atoms with Crippen LogP contribution in [0.15, 0.2) is 12.4 Å². The molecular formula is C16H26N6O. The fourth-order valence-corrected chi connectivity index (χ4v) is 2.62. The third-order valence-corrected chi connectivity index (χ3v) is 3.84. The molecule has 0 saturated carbocycles. The molecule has 2 heterocycles. The minimum atomic E-state index is -0.235. The molecule has 0 saturated heterocycles. The Bertz CT molecular complexity index is 670. The smallest absolute Gasteiger partial charge is 0.319 e. The molecule has 23 heavy (non-hydrogen) atoms. The van der Waals surface area contributed by atoms with Crippen LogP contribution in [0.25, 0.3) is 0 Å². The third-order valence-electron chi connectivity index (χ3n) is 3.84. The number of nitrogens with one attached hydrogen (secondary N) is 2. The molecule has 7 nitrogen and oxygen atoms in total. The highest BCUT2D eigenvalue weighted by Gasteiger charge is 2.14. The lowest BCUT2D eigenvalue weighted by molar-refractivity contribution is 0.251. The summed E-state index contributed by atoms with van der Waals surface area (Å²) in [5.41, 5.74) is 4.01. The van der Waals surface area contributed by atoms with Crippen LogP contribution in [0.3, 0.4) is 0 Å². The van der Waals surface area contributed by atoms with Crippen LogP contribution in [0, 0.1) is 0 Å². The van der Waals surface area contributed by atoms with Gasteiger partial charge in [-0.25, -0.2) is 4.79 Å². The molecule has 0 aliphatic rings. The Morgan fingerprint density at radius 2 is 2.04 bits per heavy atom. The van der Waals surface area contributed by atoms with Crippen molar-refractivity contribution >= 4 is 11.7 Å². The summed E-state index contributed by atoms with van der Waals surface area (Å²) in [6.07, 6.45) is 5.22. The average Bonchev–Trinajstić information content (AvgIpc) is 3.09. The Kier molecular flexibility index (Phi) is 5.41. The number of carbonyl (C=O) groups is 1. The maximum atomic E-state index is 12.1. The first-order valence-corrected chi connectivity index (χ1v) is 8.08.